The van der Waals surface area contributed by atoms with Crippen molar-refractivity contribution in [3.8, 4) is 5.88 Å². The van der Waals surface area contributed by atoms with E-state index in [1.54, 1.807) is 12.4 Å². The van der Waals surface area contributed by atoms with Gasteiger partial charge in [0.1, 0.15) is 12.1 Å². The summed E-state index contributed by atoms with van der Waals surface area (Å²) in [6.07, 6.45) is 3.37. The number of fused-ring (bicyclic) bond motifs is 1. The van der Waals surface area contributed by atoms with Crippen LogP contribution in [0.4, 0.5) is 0 Å². The first-order valence-electron chi connectivity index (χ1n) is 7.78. The third kappa shape index (κ3) is 3.10. The zero-order valence-corrected chi connectivity index (χ0v) is 13.0. The number of rotatable bonds is 5. The van der Waals surface area contributed by atoms with Crippen LogP contribution in [-0.4, -0.2) is 19.7 Å². The lowest BCUT2D eigenvalue weighted by atomic mass is 10.2. The molecule has 5 heteroatoms. The van der Waals surface area contributed by atoms with Crippen molar-refractivity contribution in [2.75, 3.05) is 0 Å². The number of aromatic nitrogens is 4. The Kier molecular flexibility index (Phi) is 3.90. The largest absolute Gasteiger partial charge is 0.472 e. The maximum absolute atomic E-state index is 5.72. The van der Waals surface area contributed by atoms with Gasteiger partial charge in [-0.25, -0.2) is 14.6 Å². The predicted octanol–water partition coefficient (Wildman–Crippen LogP) is 3.45. The van der Waals surface area contributed by atoms with Crippen molar-refractivity contribution in [2.24, 2.45) is 0 Å². The van der Waals surface area contributed by atoms with Crippen LogP contribution in [0.15, 0.2) is 73.1 Å². The van der Waals surface area contributed by atoms with Gasteiger partial charge >= 0.3 is 0 Å². The number of hydrogen-bond acceptors (Lipinski definition) is 4. The summed E-state index contributed by atoms with van der Waals surface area (Å²) < 4.78 is 7.56. The van der Waals surface area contributed by atoms with Crippen LogP contribution in [0.5, 0.6) is 5.88 Å². The summed E-state index contributed by atoms with van der Waals surface area (Å²) in [5.41, 5.74) is 3.76. The zero-order valence-electron chi connectivity index (χ0n) is 13.0. The maximum atomic E-state index is 5.72. The molecule has 0 saturated heterocycles. The van der Waals surface area contributed by atoms with Crippen molar-refractivity contribution >= 4 is 11.2 Å². The van der Waals surface area contributed by atoms with Gasteiger partial charge in [-0.15, -0.1) is 0 Å². The van der Waals surface area contributed by atoms with Gasteiger partial charge in [-0.05, 0) is 11.1 Å². The van der Waals surface area contributed by atoms with Crippen LogP contribution in [0.25, 0.3) is 11.2 Å². The maximum Gasteiger partial charge on any atom is 0.233 e. The molecule has 0 radical (unpaired) electrons. The van der Waals surface area contributed by atoms with E-state index in [-0.39, 0.29) is 0 Å². The van der Waals surface area contributed by atoms with Gasteiger partial charge in [-0.3, -0.25) is 0 Å². The first-order chi connectivity index (χ1) is 11.9. The molecule has 0 N–H and O–H groups in total. The molecule has 0 bridgehead atoms. The topological polar surface area (TPSA) is 52.8 Å². The summed E-state index contributed by atoms with van der Waals surface area (Å²) in [7, 11) is 0. The molecule has 0 fully saturated rings. The highest BCUT2D eigenvalue weighted by atomic mass is 16.5. The lowest BCUT2D eigenvalue weighted by Crippen LogP contribution is -2.03. The highest BCUT2D eigenvalue weighted by Crippen LogP contribution is 2.15. The van der Waals surface area contributed by atoms with Crippen molar-refractivity contribution in [1.82, 2.24) is 19.7 Å². The van der Waals surface area contributed by atoms with Crippen LogP contribution in [0.1, 0.15) is 11.1 Å². The zero-order chi connectivity index (χ0) is 16.2. The van der Waals surface area contributed by atoms with E-state index in [0.29, 0.717) is 19.0 Å². The van der Waals surface area contributed by atoms with Crippen LogP contribution in [-0.2, 0) is 13.2 Å². The summed E-state index contributed by atoms with van der Waals surface area (Å²) in [5.74, 6) is 0.505. The molecule has 118 valence electrons. The van der Waals surface area contributed by atoms with E-state index in [9.17, 15) is 0 Å². The highest BCUT2D eigenvalue weighted by Gasteiger charge is 2.08. The van der Waals surface area contributed by atoms with Crippen molar-refractivity contribution < 1.29 is 4.74 Å². The van der Waals surface area contributed by atoms with Gasteiger partial charge in [0.2, 0.25) is 5.88 Å². The number of benzene rings is 2. The van der Waals surface area contributed by atoms with E-state index in [1.165, 1.54) is 5.56 Å². The van der Waals surface area contributed by atoms with Crippen molar-refractivity contribution in [2.45, 2.75) is 13.2 Å². The third-order valence-electron chi connectivity index (χ3n) is 3.73. The second-order valence-corrected chi connectivity index (χ2v) is 5.48. The molecule has 0 spiro atoms. The molecule has 0 amide bonds. The van der Waals surface area contributed by atoms with Crippen LogP contribution >= 0.6 is 0 Å². The molecule has 2 aromatic carbocycles. The lowest BCUT2D eigenvalue weighted by molar-refractivity contribution is 0.294. The Hall–Kier alpha value is -3.21. The first kappa shape index (κ1) is 14.4. The number of hydrogen-bond donors (Lipinski definition) is 0. The van der Waals surface area contributed by atoms with Gasteiger partial charge < -0.3 is 4.74 Å². The van der Waals surface area contributed by atoms with Crippen LogP contribution in [0.3, 0.4) is 0 Å². The fourth-order valence-corrected chi connectivity index (χ4v) is 2.52. The Morgan fingerprint density at radius 1 is 0.833 bits per heavy atom. The molecular weight excluding hydrogens is 300 g/mol. The van der Waals surface area contributed by atoms with Gasteiger partial charge in [-0.1, -0.05) is 60.7 Å². The Morgan fingerprint density at radius 3 is 2.29 bits per heavy atom. The molecule has 24 heavy (non-hydrogen) atoms. The second kappa shape index (κ2) is 6.50. The van der Waals surface area contributed by atoms with E-state index >= 15 is 0 Å². The van der Waals surface area contributed by atoms with Crippen LogP contribution in [0.2, 0.25) is 0 Å². The molecule has 0 aliphatic heterocycles. The Labute approximate surface area is 139 Å². The van der Waals surface area contributed by atoms with Crippen molar-refractivity contribution in [3.05, 3.63) is 84.2 Å². The van der Waals surface area contributed by atoms with Gasteiger partial charge in [0.15, 0.2) is 5.65 Å². The fourth-order valence-electron chi connectivity index (χ4n) is 2.52. The quantitative estimate of drug-likeness (QED) is 0.566. The molecule has 0 aliphatic carbocycles. The normalized spacial score (nSPS) is 10.8. The second-order valence-electron chi connectivity index (χ2n) is 5.48. The minimum absolute atomic E-state index is 0.471. The molecule has 0 aliphatic rings. The summed E-state index contributed by atoms with van der Waals surface area (Å²) in [6, 6.07) is 20.2. The summed E-state index contributed by atoms with van der Waals surface area (Å²) in [4.78, 5) is 8.95. The van der Waals surface area contributed by atoms with E-state index in [2.05, 4.69) is 27.2 Å². The van der Waals surface area contributed by atoms with Gasteiger partial charge in [0, 0.05) is 0 Å². The average Bonchev–Trinajstić information content (AvgIpc) is 3.04. The molecule has 0 saturated carbocycles. The Bertz CT molecular complexity index is 935. The standard InChI is InChI=1S/C19H16N4O/c1-3-7-15(8-4-1)13-23-19-17(11-21-23)22-18(12-20-19)24-14-16-9-5-2-6-10-16/h1-12H,13-14H2. The molecule has 4 rings (SSSR count). The summed E-state index contributed by atoms with van der Waals surface area (Å²) in [6.45, 7) is 1.14. The summed E-state index contributed by atoms with van der Waals surface area (Å²) >= 11 is 0. The van der Waals surface area contributed by atoms with E-state index in [1.807, 2.05) is 53.2 Å². The average molecular weight is 316 g/mol. The van der Waals surface area contributed by atoms with E-state index in [4.69, 9.17) is 4.74 Å². The smallest absolute Gasteiger partial charge is 0.233 e. The van der Waals surface area contributed by atoms with Crippen LogP contribution < -0.4 is 4.74 Å². The molecule has 4 aromatic rings. The molecule has 0 unspecified atom stereocenters. The minimum Gasteiger partial charge on any atom is -0.472 e. The van der Waals surface area contributed by atoms with E-state index < -0.39 is 0 Å². The van der Waals surface area contributed by atoms with Crippen molar-refractivity contribution in [3.63, 3.8) is 0 Å². The predicted molar refractivity (Wildman–Crippen MR) is 91.6 cm³/mol. The molecule has 0 atom stereocenters. The van der Waals surface area contributed by atoms with E-state index in [0.717, 1.165) is 16.7 Å². The number of ether oxygens (including phenoxy) is 1. The van der Waals surface area contributed by atoms with Crippen molar-refractivity contribution in [1.29, 1.82) is 0 Å². The van der Waals surface area contributed by atoms with Gasteiger partial charge in [0.25, 0.3) is 0 Å². The SMILES string of the molecule is c1ccc(COc2cnc3c(cnn3Cc3ccccc3)n2)cc1. The Morgan fingerprint density at radius 2 is 1.54 bits per heavy atom. The third-order valence-corrected chi connectivity index (χ3v) is 3.73. The van der Waals surface area contributed by atoms with Gasteiger partial charge in [-0.2, -0.15) is 5.10 Å². The lowest BCUT2D eigenvalue weighted by Gasteiger charge is -2.06. The van der Waals surface area contributed by atoms with Gasteiger partial charge in [0.05, 0.1) is 18.9 Å². The van der Waals surface area contributed by atoms with Crippen LogP contribution in [0, 0.1) is 0 Å². The number of nitrogens with zero attached hydrogens (tertiary/aromatic N) is 4. The highest BCUT2D eigenvalue weighted by molar-refractivity contribution is 5.69. The molecule has 2 aromatic heterocycles. The fraction of sp³-hybridized carbons (Fsp3) is 0.105. The monoisotopic (exact) mass is 316 g/mol. The molecular formula is C19H16N4O. The molecule has 2 heterocycles. The minimum atomic E-state index is 0.471. The summed E-state index contributed by atoms with van der Waals surface area (Å²) in [5, 5.41) is 4.39. The Balaban J connectivity index is 1.52. The molecule has 5 nitrogen and oxygen atoms in total. The first-order valence-corrected chi connectivity index (χ1v) is 7.78.